The molecular weight excluding hydrogens is 451 g/mol. The second kappa shape index (κ2) is 9.75. The summed E-state index contributed by atoms with van der Waals surface area (Å²) in [6.07, 6.45) is 0.681. The van der Waals surface area contributed by atoms with Crippen molar-refractivity contribution in [2.45, 2.75) is 46.3 Å². The monoisotopic (exact) mass is 481 g/mol. The van der Waals surface area contributed by atoms with E-state index in [0.29, 0.717) is 37.8 Å². The number of halogens is 3. The zero-order chi connectivity index (χ0) is 25.4. The van der Waals surface area contributed by atoms with Crippen LogP contribution in [0.3, 0.4) is 0 Å². The summed E-state index contributed by atoms with van der Waals surface area (Å²) < 4.78 is 43.8. The first-order valence-corrected chi connectivity index (χ1v) is 10.9. The standard InChI is InChI=1S/C23H30F3N5O3/c1-23(2,3)19(22(33)30(5)34-6)28-21(32)18-17-12-29(4)8-7-9-31(17)20(27-18)13-10-15(25)16(26)11-14(13)24/h10-11,19H,7-9,12H2,1-6H3,(H,28,32)/t19-/m1/s1. The molecule has 0 spiro atoms. The lowest BCUT2D eigenvalue weighted by molar-refractivity contribution is -0.173. The van der Waals surface area contributed by atoms with E-state index in [4.69, 9.17) is 4.84 Å². The first kappa shape index (κ1) is 25.7. The minimum atomic E-state index is -1.31. The highest BCUT2D eigenvalue weighted by atomic mass is 19.2. The number of carbonyl (C=O) groups is 2. The highest BCUT2D eigenvalue weighted by Crippen LogP contribution is 2.30. The summed E-state index contributed by atoms with van der Waals surface area (Å²) in [5.41, 5.74) is -0.416. The number of hydrogen-bond acceptors (Lipinski definition) is 5. The molecule has 2 amide bonds. The number of nitrogens with one attached hydrogen (secondary N) is 1. The fourth-order valence-electron chi connectivity index (χ4n) is 3.92. The molecule has 0 unspecified atom stereocenters. The van der Waals surface area contributed by atoms with Crippen LogP contribution in [0.2, 0.25) is 0 Å². The number of likely N-dealkylation sites (N-methyl/N-ethyl adjacent to an activating group) is 1. The third-order valence-corrected chi connectivity index (χ3v) is 5.85. The lowest BCUT2D eigenvalue weighted by atomic mass is 9.86. The van der Waals surface area contributed by atoms with E-state index in [0.717, 1.165) is 11.1 Å². The zero-order valence-electron chi connectivity index (χ0n) is 20.2. The van der Waals surface area contributed by atoms with Gasteiger partial charge in [0.25, 0.3) is 11.8 Å². The second-order valence-electron chi connectivity index (χ2n) is 9.51. The van der Waals surface area contributed by atoms with E-state index >= 15 is 0 Å². The highest BCUT2D eigenvalue weighted by molar-refractivity contribution is 5.97. The predicted octanol–water partition coefficient (Wildman–Crippen LogP) is 2.97. The average molecular weight is 482 g/mol. The molecule has 0 radical (unpaired) electrons. The number of rotatable bonds is 5. The van der Waals surface area contributed by atoms with Crippen molar-refractivity contribution in [1.29, 1.82) is 0 Å². The molecule has 1 aromatic heterocycles. The molecule has 1 aromatic carbocycles. The van der Waals surface area contributed by atoms with Gasteiger partial charge in [-0.3, -0.25) is 14.4 Å². The molecule has 0 aliphatic carbocycles. The van der Waals surface area contributed by atoms with Crippen LogP contribution in [-0.4, -0.2) is 65.1 Å². The Balaban J connectivity index is 2.10. The Kier molecular flexibility index (Phi) is 7.37. The third kappa shape index (κ3) is 5.10. The molecule has 1 aliphatic heterocycles. The van der Waals surface area contributed by atoms with Gasteiger partial charge in [-0.2, -0.15) is 0 Å². The third-order valence-electron chi connectivity index (χ3n) is 5.85. The number of amides is 2. The Labute approximate surface area is 196 Å². The predicted molar refractivity (Wildman–Crippen MR) is 119 cm³/mol. The molecule has 186 valence electrons. The van der Waals surface area contributed by atoms with E-state index < -0.39 is 40.7 Å². The summed E-state index contributed by atoms with van der Waals surface area (Å²) in [6.45, 7) is 6.83. The first-order valence-electron chi connectivity index (χ1n) is 10.9. The quantitative estimate of drug-likeness (QED) is 0.525. The van der Waals surface area contributed by atoms with E-state index in [2.05, 4.69) is 10.3 Å². The van der Waals surface area contributed by atoms with E-state index in [9.17, 15) is 22.8 Å². The fourth-order valence-corrected chi connectivity index (χ4v) is 3.92. The van der Waals surface area contributed by atoms with Crippen molar-refractivity contribution in [2.75, 3.05) is 27.7 Å². The summed E-state index contributed by atoms with van der Waals surface area (Å²) in [5, 5.41) is 3.77. The molecule has 0 saturated heterocycles. The summed E-state index contributed by atoms with van der Waals surface area (Å²) in [5.74, 6) is -4.58. The molecule has 1 aliphatic rings. The van der Waals surface area contributed by atoms with Crippen LogP contribution in [0.4, 0.5) is 13.2 Å². The highest BCUT2D eigenvalue weighted by Gasteiger charge is 2.37. The smallest absolute Gasteiger partial charge is 0.272 e. The van der Waals surface area contributed by atoms with Gasteiger partial charge in [0.1, 0.15) is 17.7 Å². The number of fused-ring (bicyclic) bond motifs is 1. The van der Waals surface area contributed by atoms with Crippen molar-refractivity contribution in [3.05, 3.63) is 41.0 Å². The van der Waals surface area contributed by atoms with Crippen molar-refractivity contribution in [2.24, 2.45) is 5.41 Å². The Morgan fingerprint density at radius 2 is 1.79 bits per heavy atom. The molecule has 11 heteroatoms. The van der Waals surface area contributed by atoms with Crippen LogP contribution in [0.5, 0.6) is 0 Å². The van der Waals surface area contributed by atoms with Crippen LogP contribution in [0.1, 0.15) is 43.4 Å². The molecule has 2 heterocycles. The molecule has 2 aromatic rings. The molecular formula is C23H30F3N5O3. The number of carbonyl (C=O) groups excluding carboxylic acids is 2. The van der Waals surface area contributed by atoms with Crippen LogP contribution in [0, 0.1) is 22.9 Å². The largest absolute Gasteiger partial charge is 0.338 e. The zero-order valence-corrected chi connectivity index (χ0v) is 20.2. The fraction of sp³-hybridized carbons (Fsp3) is 0.522. The molecule has 0 saturated carbocycles. The molecule has 34 heavy (non-hydrogen) atoms. The van der Waals surface area contributed by atoms with Crippen molar-refractivity contribution >= 4 is 11.8 Å². The van der Waals surface area contributed by atoms with Gasteiger partial charge in [-0.15, -0.1) is 0 Å². The van der Waals surface area contributed by atoms with Crippen LogP contribution in [-0.2, 0) is 22.7 Å². The molecule has 1 atom stereocenters. The average Bonchev–Trinajstić information content (AvgIpc) is 2.98. The van der Waals surface area contributed by atoms with E-state index in [-0.39, 0.29) is 17.1 Å². The molecule has 0 bridgehead atoms. The maximum absolute atomic E-state index is 14.6. The SMILES string of the molecule is CON(C)C(=O)[C@@H](NC(=O)c1nc(-c2cc(F)c(F)cc2F)n2c1CN(C)CCC2)C(C)(C)C. The van der Waals surface area contributed by atoms with E-state index in [1.807, 2.05) is 11.9 Å². The van der Waals surface area contributed by atoms with Gasteiger partial charge in [-0.05, 0) is 31.5 Å². The normalized spacial score (nSPS) is 15.4. The number of aromatic nitrogens is 2. The molecule has 3 rings (SSSR count). The van der Waals surface area contributed by atoms with Crippen LogP contribution in [0.15, 0.2) is 12.1 Å². The number of imidazole rings is 1. The number of benzene rings is 1. The maximum Gasteiger partial charge on any atom is 0.272 e. The van der Waals surface area contributed by atoms with Crippen LogP contribution < -0.4 is 5.32 Å². The van der Waals surface area contributed by atoms with Gasteiger partial charge in [0.05, 0.1) is 18.4 Å². The Morgan fingerprint density at radius 3 is 2.41 bits per heavy atom. The topological polar surface area (TPSA) is 79.7 Å². The van der Waals surface area contributed by atoms with Gasteiger partial charge in [0, 0.05) is 26.2 Å². The molecule has 1 N–H and O–H groups in total. The number of hydrogen-bond donors (Lipinski definition) is 1. The summed E-state index contributed by atoms with van der Waals surface area (Å²) in [4.78, 5) is 37.6. The Hall–Kier alpha value is -2.92. The second-order valence-corrected chi connectivity index (χ2v) is 9.51. The van der Waals surface area contributed by atoms with Gasteiger partial charge in [0.2, 0.25) is 0 Å². The van der Waals surface area contributed by atoms with E-state index in [1.54, 1.807) is 25.3 Å². The number of hydroxylamine groups is 2. The maximum atomic E-state index is 14.6. The van der Waals surface area contributed by atoms with Gasteiger partial charge in [-0.25, -0.2) is 23.2 Å². The van der Waals surface area contributed by atoms with Gasteiger partial charge in [-0.1, -0.05) is 20.8 Å². The summed E-state index contributed by atoms with van der Waals surface area (Å²) >= 11 is 0. The lowest BCUT2D eigenvalue weighted by Crippen LogP contribution is -2.53. The van der Waals surface area contributed by atoms with Crippen LogP contribution >= 0.6 is 0 Å². The van der Waals surface area contributed by atoms with Gasteiger partial charge < -0.3 is 14.8 Å². The van der Waals surface area contributed by atoms with Gasteiger partial charge in [0.15, 0.2) is 17.3 Å². The Morgan fingerprint density at radius 1 is 1.15 bits per heavy atom. The van der Waals surface area contributed by atoms with Crippen molar-refractivity contribution < 1.29 is 27.6 Å². The lowest BCUT2D eigenvalue weighted by Gasteiger charge is -2.32. The van der Waals surface area contributed by atoms with Crippen molar-refractivity contribution in [3.63, 3.8) is 0 Å². The molecule has 0 fully saturated rings. The minimum absolute atomic E-state index is 0.00463. The minimum Gasteiger partial charge on any atom is -0.338 e. The molecule has 8 nitrogen and oxygen atoms in total. The summed E-state index contributed by atoms with van der Waals surface area (Å²) in [7, 11) is 4.65. The first-order chi connectivity index (χ1) is 15.8. The van der Waals surface area contributed by atoms with Crippen molar-refractivity contribution in [1.82, 2.24) is 24.8 Å². The van der Waals surface area contributed by atoms with Crippen molar-refractivity contribution in [3.8, 4) is 11.4 Å². The number of nitrogens with zero attached hydrogens (tertiary/aromatic N) is 4. The Bertz CT molecular complexity index is 1100. The van der Waals surface area contributed by atoms with Gasteiger partial charge >= 0.3 is 0 Å². The van der Waals surface area contributed by atoms with E-state index in [1.165, 1.54) is 14.2 Å². The summed E-state index contributed by atoms with van der Waals surface area (Å²) in [6, 6.07) is 0.254. The van der Waals surface area contributed by atoms with Crippen LogP contribution in [0.25, 0.3) is 11.4 Å².